The molecular formula is C27H35Cl3FN5OS. The topological polar surface area (TPSA) is 70.2 Å². The number of hydrogen-bond acceptors (Lipinski definition) is 6. The number of benzene rings is 1. The molecule has 11 heteroatoms. The molecule has 0 unspecified atom stereocenters. The predicted octanol–water partition coefficient (Wildman–Crippen LogP) is 7.01. The maximum absolute atomic E-state index is 12.7. The van der Waals surface area contributed by atoms with E-state index in [4.69, 9.17) is 16.6 Å². The molecule has 3 aromatic rings. The van der Waals surface area contributed by atoms with E-state index >= 15 is 0 Å². The first-order valence-corrected chi connectivity index (χ1v) is 14.2. The summed E-state index contributed by atoms with van der Waals surface area (Å²) in [6, 6.07) is 8.15. The van der Waals surface area contributed by atoms with Crippen LogP contribution in [-0.4, -0.2) is 59.7 Å². The quantitative estimate of drug-likeness (QED) is 0.231. The number of likely N-dealkylation sites (tertiary alicyclic amines) is 1. The molecule has 0 atom stereocenters. The summed E-state index contributed by atoms with van der Waals surface area (Å²) in [6.45, 7) is 3.64. The van der Waals surface area contributed by atoms with E-state index < -0.39 is 0 Å². The molecule has 3 heterocycles. The molecular weight excluding hydrogens is 568 g/mol. The van der Waals surface area contributed by atoms with Crippen LogP contribution in [0.4, 0.5) is 10.3 Å². The van der Waals surface area contributed by atoms with Crippen LogP contribution < -0.4 is 10.6 Å². The van der Waals surface area contributed by atoms with E-state index in [1.807, 2.05) is 24.3 Å². The minimum atomic E-state index is -0.221. The zero-order valence-electron chi connectivity index (χ0n) is 21.3. The van der Waals surface area contributed by atoms with Gasteiger partial charge in [-0.15, -0.1) is 36.2 Å². The Kier molecular flexibility index (Phi) is 11.9. The number of alkyl halides is 1. The normalized spacial score (nSPS) is 16.1. The standard InChI is InChI=1S/C27H33ClFN5OS.2ClH/c28-22-17-31-27(30-12-2-4-18-9-14-34(15-10-18)13-3-11-29)33-25(22)24-16-21-20(5-1-6-23(21)36-24)26(35)32-19-7-8-19;;/h1,5-6,16-19H,2-4,7-15H2,(H,32,35)(H,30,31,33);2*1H. The summed E-state index contributed by atoms with van der Waals surface area (Å²) < 4.78 is 13.4. The number of hydrogen-bond donors (Lipinski definition) is 2. The fraction of sp³-hybridized carbons (Fsp3) is 0.519. The maximum atomic E-state index is 12.7. The molecule has 2 N–H and O–H groups in total. The van der Waals surface area contributed by atoms with Crippen LogP contribution in [0.5, 0.6) is 0 Å². The number of piperidine rings is 1. The molecule has 0 bridgehead atoms. The number of amides is 1. The van der Waals surface area contributed by atoms with E-state index in [9.17, 15) is 9.18 Å². The van der Waals surface area contributed by atoms with Crippen LogP contribution in [0.2, 0.25) is 5.02 Å². The number of halogens is 4. The van der Waals surface area contributed by atoms with Crippen LogP contribution in [0.1, 0.15) is 55.3 Å². The number of carbonyl (C=O) groups excluding carboxylic acids is 1. The molecule has 1 saturated carbocycles. The van der Waals surface area contributed by atoms with Gasteiger partial charge in [-0.25, -0.2) is 9.97 Å². The third kappa shape index (κ3) is 7.92. The van der Waals surface area contributed by atoms with E-state index in [1.165, 1.54) is 19.3 Å². The summed E-state index contributed by atoms with van der Waals surface area (Å²) in [7, 11) is 0. The monoisotopic (exact) mass is 601 g/mol. The van der Waals surface area contributed by atoms with Gasteiger partial charge in [0.25, 0.3) is 5.91 Å². The lowest BCUT2D eigenvalue weighted by molar-refractivity contribution is 0.0952. The Labute approximate surface area is 245 Å². The molecule has 1 aromatic carbocycles. The maximum Gasteiger partial charge on any atom is 0.252 e. The highest BCUT2D eigenvalue weighted by Crippen LogP contribution is 2.37. The Balaban J connectivity index is 0.00000200. The van der Waals surface area contributed by atoms with Gasteiger partial charge in [-0.2, -0.15) is 0 Å². The van der Waals surface area contributed by atoms with E-state index in [0.717, 1.165) is 66.3 Å². The van der Waals surface area contributed by atoms with Crippen LogP contribution >= 0.6 is 47.8 Å². The highest BCUT2D eigenvalue weighted by Gasteiger charge is 2.25. The van der Waals surface area contributed by atoms with Crippen LogP contribution in [-0.2, 0) is 0 Å². The van der Waals surface area contributed by atoms with Crippen molar-refractivity contribution in [2.75, 3.05) is 38.2 Å². The molecule has 38 heavy (non-hydrogen) atoms. The molecule has 2 aliphatic rings. The van der Waals surface area contributed by atoms with Gasteiger partial charge in [0.15, 0.2) is 0 Å². The fourth-order valence-corrected chi connectivity index (χ4v) is 6.20. The van der Waals surface area contributed by atoms with E-state index in [1.54, 1.807) is 17.5 Å². The van der Waals surface area contributed by atoms with Crippen LogP contribution in [0, 0.1) is 5.92 Å². The average Bonchev–Trinajstić information content (AvgIpc) is 3.60. The number of anilines is 1. The van der Waals surface area contributed by atoms with E-state index in [2.05, 4.69) is 20.5 Å². The molecule has 5 rings (SSSR count). The van der Waals surface area contributed by atoms with E-state index in [-0.39, 0.29) is 37.4 Å². The summed E-state index contributed by atoms with van der Waals surface area (Å²) in [4.78, 5) is 25.1. The van der Waals surface area contributed by atoms with Crippen molar-refractivity contribution in [3.8, 4) is 10.6 Å². The smallest absolute Gasteiger partial charge is 0.252 e. The summed E-state index contributed by atoms with van der Waals surface area (Å²) in [6.07, 6.45) is 9.03. The highest BCUT2D eigenvalue weighted by atomic mass is 35.5. The predicted molar refractivity (Wildman–Crippen MR) is 160 cm³/mol. The second-order valence-electron chi connectivity index (χ2n) is 9.86. The minimum Gasteiger partial charge on any atom is -0.354 e. The van der Waals surface area contributed by atoms with Crippen LogP contribution in [0.15, 0.2) is 30.5 Å². The van der Waals surface area contributed by atoms with Crippen molar-refractivity contribution in [2.24, 2.45) is 5.92 Å². The SMILES string of the molecule is Cl.Cl.O=C(NC1CC1)c1cccc2sc(-c3nc(NCCCC4CCN(CCCF)CC4)ncc3Cl)cc12. The minimum absolute atomic E-state index is 0. The number of rotatable bonds is 11. The van der Waals surface area contributed by atoms with Crippen LogP contribution in [0.3, 0.4) is 0 Å². The van der Waals surface area contributed by atoms with Crippen molar-refractivity contribution in [1.29, 1.82) is 0 Å². The Hall–Kier alpha value is -1.71. The zero-order chi connectivity index (χ0) is 24.9. The van der Waals surface area contributed by atoms with Gasteiger partial charge in [-0.1, -0.05) is 17.7 Å². The molecule has 2 aromatic heterocycles. The lowest BCUT2D eigenvalue weighted by Gasteiger charge is -2.31. The van der Waals surface area contributed by atoms with Crippen molar-refractivity contribution in [1.82, 2.24) is 20.2 Å². The Bertz CT molecular complexity index is 1200. The van der Waals surface area contributed by atoms with Crippen LogP contribution in [0.25, 0.3) is 20.7 Å². The van der Waals surface area contributed by atoms with Gasteiger partial charge in [-0.05, 0) is 82.2 Å². The first kappa shape index (κ1) is 30.8. The van der Waals surface area contributed by atoms with Crippen molar-refractivity contribution < 1.29 is 9.18 Å². The molecule has 6 nitrogen and oxygen atoms in total. The van der Waals surface area contributed by atoms with Crippen molar-refractivity contribution in [2.45, 2.75) is 51.0 Å². The number of nitrogens with one attached hydrogen (secondary N) is 2. The average molecular weight is 603 g/mol. The van der Waals surface area contributed by atoms with Gasteiger partial charge in [0.1, 0.15) is 5.69 Å². The van der Waals surface area contributed by atoms with Crippen molar-refractivity contribution in [3.63, 3.8) is 0 Å². The zero-order valence-corrected chi connectivity index (χ0v) is 24.5. The number of carbonyl (C=O) groups is 1. The van der Waals surface area contributed by atoms with Gasteiger partial charge in [0.2, 0.25) is 5.95 Å². The van der Waals surface area contributed by atoms with Crippen molar-refractivity contribution in [3.05, 3.63) is 41.0 Å². The Morgan fingerprint density at radius 3 is 2.68 bits per heavy atom. The van der Waals surface area contributed by atoms with Gasteiger partial charge in [0.05, 0.1) is 22.8 Å². The number of nitrogens with zero attached hydrogens (tertiary/aromatic N) is 3. The molecule has 1 saturated heterocycles. The number of fused-ring (bicyclic) bond motifs is 1. The molecule has 0 spiro atoms. The lowest BCUT2D eigenvalue weighted by atomic mass is 9.92. The first-order valence-electron chi connectivity index (χ1n) is 13.0. The first-order chi connectivity index (χ1) is 17.6. The van der Waals surface area contributed by atoms with Gasteiger partial charge in [0, 0.05) is 34.8 Å². The Morgan fingerprint density at radius 1 is 1.16 bits per heavy atom. The molecule has 1 amide bonds. The second-order valence-corrected chi connectivity index (χ2v) is 11.4. The summed E-state index contributed by atoms with van der Waals surface area (Å²) >= 11 is 8.08. The lowest BCUT2D eigenvalue weighted by Crippen LogP contribution is -2.34. The molecule has 1 aliphatic carbocycles. The Morgan fingerprint density at radius 2 is 1.95 bits per heavy atom. The molecule has 1 aliphatic heterocycles. The summed E-state index contributed by atoms with van der Waals surface area (Å²) in [5, 5.41) is 7.86. The van der Waals surface area contributed by atoms with Crippen molar-refractivity contribution >= 4 is 69.7 Å². The summed E-state index contributed by atoms with van der Waals surface area (Å²) in [5.41, 5.74) is 1.38. The molecule has 208 valence electrons. The summed E-state index contributed by atoms with van der Waals surface area (Å²) in [5.74, 6) is 1.29. The van der Waals surface area contributed by atoms with Gasteiger partial charge in [-0.3, -0.25) is 9.18 Å². The fourth-order valence-electron chi connectivity index (χ4n) is 4.86. The second kappa shape index (κ2) is 14.6. The van der Waals surface area contributed by atoms with Gasteiger partial charge < -0.3 is 15.5 Å². The molecule has 2 fully saturated rings. The third-order valence-corrected chi connectivity index (χ3v) is 8.47. The number of thiophene rings is 1. The van der Waals surface area contributed by atoms with E-state index in [0.29, 0.717) is 34.7 Å². The number of aromatic nitrogens is 2. The highest BCUT2D eigenvalue weighted by molar-refractivity contribution is 7.22. The molecule has 0 radical (unpaired) electrons. The largest absolute Gasteiger partial charge is 0.354 e. The third-order valence-electron chi connectivity index (χ3n) is 7.08. The van der Waals surface area contributed by atoms with Gasteiger partial charge >= 0.3 is 0 Å².